The molecule has 2 aromatic rings. The number of thioether (sulfide) groups is 1. The highest BCUT2D eigenvalue weighted by atomic mass is 32.2. The average molecular weight is 311 g/mol. The molecule has 0 fully saturated rings. The number of urea groups is 1. The summed E-state index contributed by atoms with van der Waals surface area (Å²) in [4.78, 5) is 16.0. The molecule has 2 amide bonds. The van der Waals surface area contributed by atoms with E-state index in [9.17, 15) is 10.0 Å². The second kappa shape index (κ2) is 6.92. The van der Waals surface area contributed by atoms with Gasteiger partial charge < -0.3 is 5.32 Å². The summed E-state index contributed by atoms with van der Waals surface area (Å²) in [5.41, 5.74) is 1.00. The largest absolute Gasteiger partial charge is 0.341 e. The van der Waals surface area contributed by atoms with Gasteiger partial charge in [0.05, 0.1) is 16.3 Å². The van der Waals surface area contributed by atoms with Crippen molar-refractivity contribution in [3.05, 3.63) is 24.3 Å². The maximum Gasteiger partial charge on any atom is 0.341 e. The molecule has 0 aliphatic rings. The van der Waals surface area contributed by atoms with Gasteiger partial charge in [-0.05, 0) is 26.0 Å². The Kier molecular flexibility index (Phi) is 5.22. The third kappa shape index (κ3) is 3.84. The van der Waals surface area contributed by atoms with Crippen molar-refractivity contribution in [1.29, 1.82) is 0 Å². The summed E-state index contributed by atoms with van der Waals surface area (Å²) < 4.78 is 2.16. The number of thiazole rings is 1. The topological polar surface area (TPSA) is 65.5 Å². The molecule has 0 saturated carbocycles. The maximum atomic E-state index is 11.5. The summed E-state index contributed by atoms with van der Waals surface area (Å²) >= 11 is 3.25. The fourth-order valence-corrected chi connectivity index (χ4v) is 3.52. The molecule has 2 rings (SSSR count). The molecule has 1 aromatic heterocycles. The van der Waals surface area contributed by atoms with Crippen LogP contribution in [-0.2, 0) is 0 Å². The molecule has 2 N–H and O–H groups in total. The first-order chi connectivity index (χ1) is 9.58. The van der Waals surface area contributed by atoms with E-state index in [1.807, 2.05) is 24.3 Å². The van der Waals surface area contributed by atoms with Gasteiger partial charge in [-0.15, -0.1) is 11.3 Å². The van der Waals surface area contributed by atoms with Gasteiger partial charge in [0.15, 0.2) is 4.34 Å². The number of hydroxylamine groups is 2. The van der Waals surface area contributed by atoms with Crippen LogP contribution in [0.15, 0.2) is 28.6 Å². The highest BCUT2D eigenvalue weighted by Crippen LogP contribution is 2.28. The van der Waals surface area contributed by atoms with E-state index in [1.165, 1.54) is 4.70 Å². The summed E-state index contributed by atoms with van der Waals surface area (Å²) in [5, 5.41) is 12.8. The first-order valence-corrected chi connectivity index (χ1v) is 8.12. The molecule has 5 nitrogen and oxygen atoms in total. The third-order valence-corrected chi connectivity index (χ3v) is 4.76. The van der Waals surface area contributed by atoms with E-state index >= 15 is 0 Å². The van der Waals surface area contributed by atoms with E-state index in [0.29, 0.717) is 11.6 Å². The van der Waals surface area contributed by atoms with Crippen molar-refractivity contribution < 1.29 is 10.0 Å². The lowest BCUT2D eigenvalue weighted by molar-refractivity contribution is -0.0675. The average Bonchev–Trinajstić information content (AvgIpc) is 2.85. The van der Waals surface area contributed by atoms with Crippen molar-refractivity contribution in [2.75, 3.05) is 12.3 Å². The zero-order valence-corrected chi connectivity index (χ0v) is 13.0. The number of carbonyl (C=O) groups excluding carboxylic acids is 1. The Labute approximate surface area is 126 Å². The quantitative estimate of drug-likeness (QED) is 0.385. The zero-order valence-electron chi connectivity index (χ0n) is 11.4. The molecule has 0 atom stereocenters. The van der Waals surface area contributed by atoms with Gasteiger partial charge in [-0.2, -0.15) is 0 Å². The van der Waals surface area contributed by atoms with E-state index in [0.717, 1.165) is 15.6 Å². The second-order valence-corrected chi connectivity index (χ2v) is 6.84. The van der Waals surface area contributed by atoms with Crippen LogP contribution in [0, 0.1) is 0 Å². The third-order valence-electron chi connectivity index (χ3n) is 2.58. The number of amides is 2. The number of benzene rings is 1. The summed E-state index contributed by atoms with van der Waals surface area (Å²) in [5.74, 6) is 0.720. The number of carbonyl (C=O) groups is 1. The van der Waals surface area contributed by atoms with E-state index in [-0.39, 0.29) is 6.04 Å². The molecule has 0 spiro atoms. The Balaban J connectivity index is 1.77. The van der Waals surface area contributed by atoms with Crippen LogP contribution >= 0.6 is 23.1 Å². The van der Waals surface area contributed by atoms with Crippen LogP contribution in [0.3, 0.4) is 0 Å². The van der Waals surface area contributed by atoms with Gasteiger partial charge in [-0.3, -0.25) is 5.21 Å². The van der Waals surface area contributed by atoms with E-state index in [4.69, 9.17) is 0 Å². The van der Waals surface area contributed by atoms with Gasteiger partial charge >= 0.3 is 6.03 Å². The summed E-state index contributed by atoms with van der Waals surface area (Å²) in [6, 6.07) is 7.31. The number of fused-ring (bicyclic) bond motifs is 1. The van der Waals surface area contributed by atoms with Crippen LogP contribution in [0.1, 0.15) is 13.8 Å². The van der Waals surface area contributed by atoms with Crippen molar-refractivity contribution in [3.8, 4) is 0 Å². The normalized spacial score (nSPS) is 11.0. The van der Waals surface area contributed by atoms with Crippen molar-refractivity contribution in [2.45, 2.75) is 24.2 Å². The molecule has 0 bridgehead atoms. The molecule has 1 aromatic carbocycles. The van der Waals surface area contributed by atoms with Gasteiger partial charge in [0.25, 0.3) is 0 Å². The predicted octanol–water partition coefficient (Wildman–Crippen LogP) is 3.20. The maximum absolute atomic E-state index is 11.5. The fraction of sp³-hybridized carbons (Fsp3) is 0.385. The van der Waals surface area contributed by atoms with Crippen LogP contribution in [0.4, 0.5) is 4.79 Å². The molecule has 1 heterocycles. The smallest absolute Gasteiger partial charge is 0.335 e. The summed E-state index contributed by atoms with van der Waals surface area (Å²) in [6.07, 6.45) is 0. The molecule has 7 heteroatoms. The van der Waals surface area contributed by atoms with Crippen LogP contribution in [0.25, 0.3) is 10.2 Å². The lowest BCUT2D eigenvalue weighted by atomic mass is 10.3. The summed E-state index contributed by atoms with van der Waals surface area (Å²) in [7, 11) is 0. The summed E-state index contributed by atoms with van der Waals surface area (Å²) in [6.45, 7) is 3.98. The first kappa shape index (κ1) is 15.1. The molecule has 0 aliphatic heterocycles. The molecule has 0 saturated heterocycles. The number of rotatable bonds is 5. The molecule has 0 aliphatic carbocycles. The Morgan fingerprint density at radius 2 is 2.25 bits per heavy atom. The number of hydrogen-bond donors (Lipinski definition) is 2. The van der Waals surface area contributed by atoms with Crippen molar-refractivity contribution in [3.63, 3.8) is 0 Å². The zero-order chi connectivity index (χ0) is 14.5. The Morgan fingerprint density at radius 3 is 2.95 bits per heavy atom. The molecule has 0 unspecified atom stereocenters. The number of nitrogens with one attached hydrogen (secondary N) is 1. The van der Waals surface area contributed by atoms with Gasteiger partial charge in [-0.25, -0.2) is 14.8 Å². The molecule has 108 valence electrons. The number of aromatic nitrogens is 1. The number of para-hydroxylation sites is 1. The SMILES string of the molecule is CC(C)N(O)C(=O)NCCSc1nc2ccccc2s1. The van der Waals surface area contributed by atoms with Crippen LogP contribution in [0.5, 0.6) is 0 Å². The Bertz CT molecular complexity index is 553. The number of nitrogens with zero attached hydrogens (tertiary/aromatic N) is 2. The van der Waals surface area contributed by atoms with Crippen molar-refractivity contribution in [2.24, 2.45) is 0 Å². The van der Waals surface area contributed by atoms with Gasteiger partial charge in [0.1, 0.15) is 0 Å². The number of hydrogen-bond acceptors (Lipinski definition) is 5. The van der Waals surface area contributed by atoms with E-state index < -0.39 is 6.03 Å². The van der Waals surface area contributed by atoms with E-state index in [1.54, 1.807) is 36.9 Å². The van der Waals surface area contributed by atoms with Crippen LogP contribution < -0.4 is 5.32 Å². The monoisotopic (exact) mass is 311 g/mol. The van der Waals surface area contributed by atoms with Gasteiger partial charge in [-0.1, -0.05) is 23.9 Å². The van der Waals surface area contributed by atoms with Crippen molar-refractivity contribution >= 4 is 39.3 Å². The van der Waals surface area contributed by atoms with Gasteiger partial charge in [0.2, 0.25) is 0 Å². The molecular formula is C13H17N3O2S2. The lowest BCUT2D eigenvalue weighted by Crippen LogP contribution is -2.42. The molecule has 20 heavy (non-hydrogen) atoms. The lowest BCUT2D eigenvalue weighted by Gasteiger charge is -2.19. The molecule has 0 radical (unpaired) electrons. The van der Waals surface area contributed by atoms with Crippen molar-refractivity contribution in [1.82, 2.24) is 15.4 Å². The second-order valence-electron chi connectivity index (χ2n) is 4.47. The van der Waals surface area contributed by atoms with Gasteiger partial charge in [0, 0.05) is 12.3 Å². The fourth-order valence-electron chi connectivity index (χ4n) is 1.52. The minimum Gasteiger partial charge on any atom is -0.335 e. The first-order valence-electron chi connectivity index (χ1n) is 6.32. The van der Waals surface area contributed by atoms with Crippen LogP contribution in [0.2, 0.25) is 0 Å². The predicted molar refractivity (Wildman–Crippen MR) is 82.5 cm³/mol. The Hall–Kier alpha value is -1.31. The highest BCUT2D eigenvalue weighted by molar-refractivity contribution is 8.01. The standard InChI is InChI=1S/C13H17N3O2S2/c1-9(2)16(18)12(17)14-7-8-19-13-15-10-5-3-4-6-11(10)20-13/h3-6,9,18H,7-8H2,1-2H3,(H,14,17). The molecular weight excluding hydrogens is 294 g/mol. The van der Waals surface area contributed by atoms with Crippen LogP contribution in [-0.4, -0.2) is 39.6 Å². The highest BCUT2D eigenvalue weighted by Gasteiger charge is 2.13. The Morgan fingerprint density at radius 1 is 1.50 bits per heavy atom. The minimum absolute atomic E-state index is 0.230. The minimum atomic E-state index is -0.468. The van der Waals surface area contributed by atoms with E-state index in [2.05, 4.69) is 10.3 Å².